The third kappa shape index (κ3) is 1.61. The summed E-state index contributed by atoms with van der Waals surface area (Å²) >= 11 is 1.67. The molecule has 2 heterocycles. The van der Waals surface area contributed by atoms with Crippen LogP contribution in [0.5, 0.6) is 0 Å². The van der Waals surface area contributed by atoms with E-state index >= 15 is 0 Å². The lowest BCUT2D eigenvalue weighted by molar-refractivity contribution is -0.151. The Hall–Kier alpha value is -0.710. The minimum Gasteiger partial charge on any atom is -0.342 e. The quantitative estimate of drug-likeness (QED) is 0.740. The van der Waals surface area contributed by atoms with Crippen molar-refractivity contribution in [1.29, 1.82) is 0 Å². The molecule has 90 valence electrons. The third-order valence-corrected chi connectivity index (χ3v) is 4.64. The number of nitrogens with one attached hydrogen (secondary N) is 1. The van der Waals surface area contributed by atoms with E-state index in [1.165, 1.54) is 0 Å². The number of rotatable bonds is 1. The zero-order valence-corrected chi connectivity index (χ0v) is 10.9. The lowest BCUT2D eigenvalue weighted by Gasteiger charge is -2.41. The lowest BCUT2D eigenvalue weighted by Crippen LogP contribution is -2.66. The summed E-state index contributed by atoms with van der Waals surface area (Å²) in [4.78, 5) is 25.7. The molecule has 0 bridgehead atoms. The molecule has 0 radical (unpaired) electrons. The molecule has 2 fully saturated rings. The minimum absolute atomic E-state index is 0.00336. The Morgan fingerprint density at radius 3 is 2.62 bits per heavy atom. The van der Waals surface area contributed by atoms with Crippen molar-refractivity contribution in [2.45, 2.75) is 44.6 Å². The van der Waals surface area contributed by atoms with Crippen molar-refractivity contribution in [3.05, 3.63) is 0 Å². The molecule has 5 heteroatoms. The SMILES string of the molecule is CC(C)[C@@H]1NC(=O)[C@H]2CSC(C)(C)N2C1=O. The predicted molar refractivity (Wildman–Crippen MR) is 63.9 cm³/mol. The summed E-state index contributed by atoms with van der Waals surface area (Å²) in [5.41, 5.74) is 0. The van der Waals surface area contributed by atoms with E-state index in [-0.39, 0.29) is 34.7 Å². The number of amides is 2. The minimum atomic E-state index is -0.360. The molecule has 4 nitrogen and oxygen atoms in total. The van der Waals surface area contributed by atoms with Crippen LogP contribution < -0.4 is 5.32 Å². The third-order valence-electron chi connectivity index (χ3n) is 3.26. The Labute approximate surface area is 100 Å². The fraction of sp³-hybridized carbons (Fsp3) is 0.818. The van der Waals surface area contributed by atoms with Gasteiger partial charge in [-0.05, 0) is 19.8 Å². The number of thioether (sulfide) groups is 1. The molecule has 2 amide bonds. The van der Waals surface area contributed by atoms with Crippen LogP contribution in [-0.2, 0) is 9.59 Å². The van der Waals surface area contributed by atoms with Gasteiger partial charge in [-0.3, -0.25) is 9.59 Å². The molecule has 2 saturated heterocycles. The summed E-state index contributed by atoms with van der Waals surface area (Å²) in [6.07, 6.45) is 0. The van der Waals surface area contributed by atoms with Crippen molar-refractivity contribution in [2.75, 3.05) is 5.75 Å². The highest BCUT2D eigenvalue weighted by Gasteiger charge is 2.52. The Bertz CT molecular complexity index is 341. The van der Waals surface area contributed by atoms with E-state index in [0.717, 1.165) is 0 Å². The smallest absolute Gasteiger partial charge is 0.247 e. The maximum Gasteiger partial charge on any atom is 0.247 e. The van der Waals surface area contributed by atoms with Gasteiger partial charge in [-0.25, -0.2) is 0 Å². The van der Waals surface area contributed by atoms with Gasteiger partial charge in [0.1, 0.15) is 12.1 Å². The molecule has 1 N–H and O–H groups in total. The van der Waals surface area contributed by atoms with Gasteiger partial charge in [-0.1, -0.05) is 13.8 Å². The van der Waals surface area contributed by atoms with E-state index in [0.29, 0.717) is 5.75 Å². The number of hydrogen-bond donors (Lipinski definition) is 1. The van der Waals surface area contributed by atoms with Gasteiger partial charge in [0.2, 0.25) is 11.8 Å². The highest BCUT2D eigenvalue weighted by atomic mass is 32.2. The molecule has 0 saturated carbocycles. The summed E-state index contributed by atoms with van der Waals surface area (Å²) in [6.45, 7) is 7.93. The molecule has 16 heavy (non-hydrogen) atoms. The molecule has 2 aliphatic rings. The van der Waals surface area contributed by atoms with Gasteiger partial charge in [0.05, 0.1) is 4.87 Å². The lowest BCUT2D eigenvalue weighted by atomic mass is 9.97. The maximum absolute atomic E-state index is 12.3. The summed E-state index contributed by atoms with van der Waals surface area (Å²) in [5.74, 6) is 0.903. The second-order valence-electron chi connectivity index (χ2n) is 5.21. The van der Waals surface area contributed by atoms with Gasteiger partial charge in [-0.15, -0.1) is 11.8 Å². The van der Waals surface area contributed by atoms with Gasteiger partial charge >= 0.3 is 0 Å². The molecular formula is C11H18N2O2S. The first-order valence-electron chi connectivity index (χ1n) is 5.62. The van der Waals surface area contributed by atoms with Gasteiger partial charge < -0.3 is 10.2 Å². The normalized spacial score (nSPS) is 32.9. The second-order valence-corrected chi connectivity index (χ2v) is 6.83. The highest BCUT2D eigenvalue weighted by molar-refractivity contribution is 8.00. The van der Waals surface area contributed by atoms with Crippen LogP contribution in [0, 0.1) is 5.92 Å². The first-order chi connectivity index (χ1) is 7.34. The van der Waals surface area contributed by atoms with Gasteiger partial charge in [-0.2, -0.15) is 0 Å². The van der Waals surface area contributed by atoms with Gasteiger partial charge in [0.25, 0.3) is 0 Å². The zero-order valence-electron chi connectivity index (χ0n) is 10.1. The number of piperazine rings is 1. The van der Waals surface area contributed by atoms with E-state index in [1.807, 2.05) is 27.7 Å². The zero-order chi connectivity index (χ0) is 12.1. The van der Waals surface area contributed by atoms with E-state index in [4.69, 9.17) is 0 Å². The fourth-order valence-electron chi connectivity index (χ4n) is 2.33. The molecular weight excluding hydrogens is 224 g/mol. The molecule has 2 rings (SSSR count). The van der Waals surface area contributed by atoms with E-state index in [9.17, 15) is 9.59 Å². The van der Waals surface area contributed by atoms with Crippen LogP contribution in [0.2, 0.25) is 0 Å². The van der Waals surface area contributed by atoms with Crippen LogP contribution in [0.4, 0.5) is 0 Å². The fourth-order valence-corrected chi connectivity index (χ4v) is 3.55. The van der Waals surface area contributed by atoms with Crippen molar-refractivity contribution in [1.82, 2.24) is 10.2 Å². The molecule has 0 unspecified atom stereocenters. The van der Waals surface area contributed by atoms with Crippen molar-refractivity contribution < 1.29 is 9.59 Å². The van der Waals surface area contributed by atoms with Gasteiger partial charge in [0, 0.05) is 5.75 Å². The van der Waals surface area contributed by atoms with E-state index in [1.54, 1.807) is 16.7 Å². The van der Waals surface area contributed by atoms with Crippen LogP contribution in [0.3, 0.4) is 0 Å². The number of carbonyl (C=O) groups excluding carboxylic acids is 2. The number of carbonyl (C=O) groups is 2. The predicted octanol–water partition coefficient (Wildman–Crippen LogP) is 0.821. The molecule has 0 aromatic carbocycles. The molecule has 0 aromatic rings. The van der Waals surface area contributed by atoms with Crippen molar-refractivity contribution in [2.24, 2.45) is 5.92 Å². The first kappa shape index (κ1) is 11.8. The van der Waals surface area contributed by atoms with Crippen LogP contribution in [0.25, 0.3) is 0 Å². The highest BCUT2D eigenvalue weighted by Crippen LogP contribution is 2.41. The largest absolute Gasteiger partial charge is 0.342 e. The van der Waals surface area contributed by atoms with Gasteiger partial charge in [0.15, 0.2) is 0 Å². The number of fused-ring (bicyclic) bond motifs is 1. The maximum atomic E-state index is 12.3. The summed E-state index contributed by atoms with van der Waals surface area (Å²) < 4.78 is 0. The Kier molecular flexibility index (Phi) is 2.69. The monoisotopic (exact) mass is 242 g/mol. The summed E-state index contributed by atoms with van der Waals surface area (Å²) in [7, 11) is 0. The molecule has 2 atom stereocenters. The van der Waals surface area contributed by atoms with Crippen LogP contribution in [0.15, 0.2) is 0 Å². The van der Waals surface area contributed by atoms with Crippen LogP contribution >= 0.6 is 11.8 Å². The van der Waals surface area contributed by atoms with Crippen molar-refractivity contribution >= 4 is 23.6 Å². The standard InChI is InChI=1S/C11H18N2O2S/c1-6(2)8-10(15)13-7(9(14)12-8)5-16-11(13,3)4/h6-8H,5H2,1-4H3,(H,12,14)/t7-,8+/m1/s1. The van der Waals surface area contributed by atoms with Crippen molar-refractivity contribution in [3.8, 4) is 0 Å². The van der Waals surface area contributed by atoms with Crippen LogP contribution in [0.1, 0.15) is 27.7 Å². The molecule has 0 aliphatic carbocycles. The first-order valence-corrected chi connectivity index (χ1v) is 6.60. The van der Waals surface area contributed by atoms with E-state index in [2.05, 4.69) is 5.32 Å². The average Bonchev–Trinajstić information content (AvgIpc) is 2.48. The number of nitrogens with zero attached hydrogens (tertiary/aromatic N) is 1. The van der Waals surface area contributed by atoms with Crippen LogP contribution in [-0.4, -0.2) is 39.4 Å². The van der Waals surface area contributed by atoms with E-state index < -0.39 is 0 Å². The number of hydrogen-bond acceptors (Lipinski definition) is 3. The average molecular weight is 242 g/mol. The van der Waals surface area contributed by atoms with Crippen molar-refractivity contribution in [3.63, 3.8) is 0 Å². The Balaban J connectivity index is 2.32. The summed E-state index contributed by atoms with van der Waals surface area (Å²) in [6, 6.07) is -0.635. The summed E-state index contributed by atoms with van der Waals surface area (Å²) in [5, 5.41) is 2.83. The molecule has 2 aliphatic heterocycles. The molecule has 0 aromatic heterocycles. The molecule has 0 spiro atoms. The Morgan fingerprint density at radius 1 is 1.44 bits per heavy atom. The topological polar surface area (TPSA) is 49.4 Å². The second kappa shape index (κ2) is 3.65. The Morgan fingerprint density at radius 2 is 2.06 bits per heavy atom.